The van der Waals surface area contributed by atoms with Crippen LogP contribution >= 0.6 is 11.3 Å². The molecule has 3 aromatic carbocycles. The number of fused-ring (bicyclic) bond motifs is 1. The third-order valence-corrected chi connectivity index (χ3v) is 7.00. The second-order valence-electron chi connectivity index (χ2n) is 8.39. The van der Waals surface area contributed by atoms with Gasteiger partial charge in [-0.25, -0.2) is 4.98 Å². The number of thiazole rings is 1. The van der Waals surface area contributed by atoms with Crippen molar-refractivity contribution in [1.29, 1.82) is 0 Å². The lowest BCUT2D eigenvalue weighted by Gasteiger charge is -2.23. The zero-order chi connectivity index (χ0) is 22.8. The summed E-state index contributed by atoms with van der Waals surface area (Å²) < 4.78 is 12.8. The lowest BCUT2D eigenvalue weighted by molar-refractivity contribution is 0.0917. The molecule has 168 valence electrons. The molecule has 0 aliphatic carbocycles. The Balaban J connectivity index is 1.43. The number of amides is 1. The summed E-state index contributed by atoms with van der Waals surface area (Å²) in [6.45, 7) is 5.43. The standard InChI is InChI=1S/C27H26N2O3S/c1-18-15-24-25(16-19(18)2)33-27(28-24)29(17-23-9-6-14-31-23)26(30)20-10-12-22(13-11-20)32-21-7-4-3-5-8-21/h3-5,7-8,10-13,15-16,23H,6,9,14,17H2,1-2H3. The van der Waals surface area contributed by atoms with Crippen LogP contribution in [0.3, 0.4) is 0 Å². The smallest absolute Gasteiger partial charge is 0.260 e. The zero-order valence-electron chi connectivity index (χ0n) is 18.8. The number of nitrogens with zero attached hydrogens (tertiary/aromatic N) is 2. The van der Waals surface area contributed by atoms with Gasteiger partial charge in [0.1, 0.15) is 11.5 Å². The third-order valence-electron chi connectivity index (χ3n) is 5.96. The normalized spacial score (nSPS) is 15.6. The van der Waals surface area contributed by atoms with Crippen LogP contribution in [0.2, 0.25) is 0 Å². The van der Waals surface area contributed by atoms with E-state index in [0.29, 0.717) is 23.0 Å². The maximum Gasteiger partial charge on any atom is 0.260 e. The van der Waals surface area contributed by atoms with Crippen LogP contribution in [-0.4, -0.2) is 30.1 Å². The summed E-state index contributed by atoms with van der Waals surface area (Å²) in [4.78, 5) is 20.2. The van der Waals surface area contributed by atoms with Crippen molar-refractivity contribution in [2.75, 3.05) is 18.1 Å². The van der Waals surface area contributed by atoms with Crippen LogP contribution in [-0.2, 0) is 4.74 Å². The predicted molar refractivity (Wildman–Crippen MR) is 133 cm³/mol. The van der Waals surface area contributed by atoms with E-state index in [0.717, 1.165) is 35.4 Å². The van der Waals surface area contributed by atoms with Gasteiger partial charge in [0.25, 0.3) is 5.91 Å². The summed E-state index contributed by atoms with van der Waals surface area (Å²) >= 11 is 1.55. The summed E-state index contributed by atoms with van der Waals surface area (Å²) in [5.74, 6) is 1.37. The van der Waals surface area contributed by atoms with Gasteiger partial charge in [-0.1, -0.05) is 29.5 Å². The number of aromatic nitrogens is 1. The van der Waals surface area contributed by atoms with Gasteiger partial charge in [-0.05, 0) is 86.3 Å². The van der Waals surface area contributed by atoms with Crippen molar-refractivity contribution >= 4 is 32.6 Å². The first kappa shape index (κ1) is 21.6. The third kappa shape index (κ3) is 4.77. The Morgan fingerprint density at radius 1 is 1.06 bits per heavy atom. The molecule has 1 aliphatic rings. The number of carbonyl (C=O) groups is 1. The minimum atomic E-state index is -0.0794. The molecule has 0 spiro atoms. The van der Waals surface area contributed by atoms with E-state index >= 15 is 0 Å². The van der Waals surface area contributed by atoms with Gasteiger partial charge < -0.3 is 9.47 Å². The highest BCUT2D eigenvalue weighted by Gasteiger charge is 2.27. The highest BCUT2D eigenvalue weighted by atomic mass is 32.1. The van der Waals surface area contributed by atoms with E-state index in [2.05, 4.69) is 26.0 Å². The van der Waals surface area contributed by atoms with Crippen LogP contribution in [0.15, 0.2) is 66.7 Å². The second kappa shape index (κ2) is 9.33. The Morgan fingerprint density at radius 2 is 1.79 bits per heavy atom. The molecule has 5 rings (SSSR count). The average Bonchev–Trinajstić information content (AvgIpc) is 3.48. The number of para-hydroxylation sites is 1. The number of benzene rings is 3. The first-order chi connectivity index (χ1) is 16.1. The first-order valence-electron chi connectivity index (χ1n) is 11.2. The van der Waals surface area contributed by atoms with Crippen molar-refractivity contribution in [3.63, 3.8) is 0 Å². The molecule has 4 aromatic rings. The molecule has 1 aliphatic heterocycles. The van der Waals surface area contributed by atoms with E-state index in [4.69, 9.17) is 14.5 Å². The molecule has 0 saturated carbocycles. The molecule has 0 N–H and O–H groups in total. The van der Waals surface area contributed by atoms with Crippen LogP contribution in [0, 0.1) is 13.8 Å². The van der Waals surface area contributed by atoms with Crippen molar-refractivity contribution in [3.05, 3.63) is 83.4 Å². The fraction of sp³-hybridized carbons (Fsp3) is 0.259. The van der Waals surface area contributed by atoms with E-state index in [1.54, 1.807) is 16.2 Å². The summed E-state index contributed by atoms with van der Waals surface area (Å²) in [7, 11) is 0. The SMILES string of the molecule is Cc1cc2nc(N(CC3CCCO3)C(=O)c3ccc(Oc4ccccc4)cc3)sc2cc1C. The molecule has 1 atom stereocenters. The van der Waals surface area contributed by atoms with Crippen LogP contribution in [0.4, 0.5) is 5.13 Å². The van der Waals surface area contributed by atoms with Gasteiger partial charge in [0.2, 0.25) is 0 Å². The molecule has 1 unspecified atom stereocenters. The molecule has 1 amide bonds. The maximum atomic E-state index is 13.6. The molecule has 1 aromatic heterocycles. The Morgan fingerprint density at radius 3 is 2.52 bits per heavy atom. The fourth-order valence-corrected chi connectivity index (χ4v) is 5.02. The molecule has 5 nitrogen and oxygen atoms in total. The number of hydrogen-bond donors (Lipinski definition) is 0. The van der Waals surface area contributed by atoms with Gasteiger partial charge in [-0.3, -0.25) is 9.69 Å². The summed E-state index contributed by atoms with van der Waals surface area (Å²) in [5.41, 5.74) is 3.95. The largest absolute Gasteiger partial charge is 0.457 e. The summed E-state index contributed by atoms with van der Waals surface area (Å²) in [6, 6.07) is 21.1. The molecule has 1 fully saturated rings. The van der Waals surface area contributed by atoms with E-state index in [-0.39, 0.29) is 12.0 Å². The average molecular weight is 459 g/mol. The fourth-order valence-electron chi connectivity index (χ4n) is 3.97. The molecule has 0 radical (unpaired) electrons. The van der Waals surface area contributed by atoms with Crippen LogP contribution in [0.5, 0.6) is 11.5 Å². The van der Waals surface area contributed by atoms with Crippen molar-refractivity contribution in [1.82, 2.24) is 4.98 Å². The first-order valence-corrected chi connectivity index (χ1v) is 12.0. The van der Waals surface area contributed by atoms with Crippen molar-refractivity contribution in [2.45, 2.75) is 32.8 Å². The van der Waals surface area contributed by atoms with E-state index in [1.807, 2.05) is 54.6 Å². The van der Waals surface area contributed by atoms with E-state index in [1.165, 1.54) is 11.1 Å². The summed E-state index contributed by atoms with van der Waals surface area (Å²) in [5, 5.41) is 0.708. The van der Waals surface area contributed by atoms with Gasteiger partial charge in [0.15, 0.2) is 5.13 Å². The predicted octanol–water partition coefficient (Wildman–Crippen LogP) is 6.53. The Hall–Kier alpha value is -3.22. The van der Waals surface area contributed by atoms with Crippen LogP contribution < -0.4 is 9.64 Å². The van der Waals surface area contributed by atoms with Crippen molar-refractivity contribution in [3.8, 4) is 11.5 Å². The van der Waals surface area contributed by atoms with E-state index < -0.39 is 0 Å². The Labute approximate surface area is 197 Å². The zero-order valence-corrected chi connectivity index (χ0v) is 19.6. The van der Waals surface area contributed by atoms with Crippen LogP contribution in [0.1, 0.15) is 34.3 Å². The Bertz CT molecular complexity index is 1220. The van der Waals surface area contributed by atoms with Gasteiger partial charge in [-0.2, -0.15) is 0 Å². The number of hydrogen-bond acceptors (Lipinski definition) is 5. The molecular formula is C27H26N2O3S. The number of ether oxygens (including phenoxy) is 2. The molecule has 1 saturated heterocycles. The number of rotatable bonds is 6. The molecule has 2 heterocycles. The second-order valence-corrected chi connectivity index (χ2v) is 9.40. The molecular weight excluding hydrogens is 432 g/mol. The number of anilines is 1. The van der Waals surface area contributed by atoms with Gasteiger partial charge in [0.05, 0.1) is 22.9 Å². The number of aryl methyl sites for hydroxylation is 2. The lowest BCUT2D eigenvalue weighted by atomic mass is 10.1. The minimum absolute atomic E-state index is 0.0325. The number of carbonyl (C=O) groups excluding carboxylic acids is 1. The van der Waals surface area contributed by atoms with Gasteiger partial charge >= 0.3 is 0 Å². The van der Waals surface area contributed by atoms with Gasteiger partial charge in [0, 0.05) is 12.2 Å². The molecule has 0 bridgehead atoms. The molecule has 6 heteroatoms. The lowest BCUT2D eigenvalue weighted by Crippen LogP contribution is -2.37. The molecule has 33 heavy (non-hydrogen) atoms. The van der Waals surface area contributed by atoms with Crippen molar-refractivity contribution in [2.24, 2.45) is 0 Å². The Kier molecular flexibility index (Phi) is 6.11. The monoisotopic (exact) mass is 458 g/mol. The quantitative estimate of drug-likeness (QED) is 0.330. The van der Waals surface area contributed by atoms with Crippen LogP contribution in [0.25, 0.3) is 10.2 Å². The highest BCUT2D eigenvalue weighted by Crippen LogP contribution is 2.33. The van der Waals surface area contributed by atoms with Gasteiger partial charge in [-0.15, -0.1) is 0 Å². The topological polar surface area (TPSA) is 51.7 Å². The maximum absolute atomic E-state index is 13.6. The van der Waals surface area contributed by atoms with E-state index in [9.17, 15) is 4.79 Å². The minimum Gasteiger partial charge on any atom is -0.457 e. The summed E-state index contributed by atoms with van der Waals surface area (Å²) in [6.07, 6.45) is 2.01. The highest BCUT2D eigenvalue weighted by molar-refractivity contribution is 7.22. The van der Waals surface area contributed by atoms with Crippen molar-refractivity contribution < 1.29 is 14.3 Å².